The highest BCUT2D eigenvalue weighted by Gasteiger charge is 1.99. The highest BCUT2D eigenvalue weighted by Crippen LogP contribution is 2.17. The maximum Gasteiger partial charge on any atom is 0.161 e. The van der Waals surface area contributed by atoms with Crippen LogP contribution < -0.4 is 5.73 Å². The van der Waals surface area contributed by atoms with Gasteiger partial charge < -0.3 is 5.73 Å². The van der Waals surface area contributed by atoms with Crippen LogP contribution in [0.2, 0.25) is 0 Å². The molecule has 2 aromatic rings. The lowest BCUT2D eigenvalue weighted by Gasteiger charge is -2.00. The number of fused-ring (bicyclic) bond motifs is 1. The van der Waals surface area contributed by atoms with Crippen molar-refractivity contribution in [2.75, 3.05) is 5.73 Å². The summed E-state index contributed by atoms with van der Waals surface area (Å²) in [6, 6.07) is 5.63. The van der Waals surface area contributed by atoms with E-state index in [4.69, 9.17) is 5.73 Å². The SMILES string of the molecule is Cc1cc(N)c2cccnc2n1. The van der Waals surface area contributed by atoms with Crippen LogP contribution in [0.25, 0.3) is 11.0 Å². The number of aryl methyl sites for hydroxylation is 1. The van der Waals surface area contributed by atoms with Gasteiger partial charge in [0.25, 0.3) is 0 Å². The summed E-state index contributed by atoms with van der Waals surface area (Å²) in [5.41, 5.74) is 8.14. The molecule has 3 heteroatoms. The number of pyridine rings is 2. The fourth-order valence-electron chi connectivity index (χ4n) is 1.21. The van der Waals surface area contributed by atoms with Gasteiger partial charge in [0.2, 0.25) is 0 Å². The molecule has 12 heavy (non-hydrogen) atoms. The second kappa shape index (κ2) is 2.44. The second-order valence-corrected chi connectivity index (χ2v) is 2.73. The summed E-state index contributed by atoms with van der Waals surface area (Å²) in [6.07, 6.45) is 1.72. The summed E-state index contributed by atoms with van der Waals surface area (Å²) in [5, 5.41) is 0.920. The number of aromatic nitrogens is 2. The largest absolute Gasteiger partial charge is 0.398 e. The summed E-state index contributed by atoms with van der Waals surface area (Å²) in [4.78, 5) is 8.36. The average Bonchev–Trinajstić information content (AvgIpc) is 2.04. The molecular weight excluding hydrogens is 150 g/mol. The minimum absolute atomic E-state index is 0.718. The Morgan fingerprint density at radius 2 is 2.25 bits per heavy atom. The topological polar surface area (TPSA) is 51.8 Å². The van der Waals surface area contributed by atoms with Gasteiger partial charge in [-0.3, -0.25) is 0 Å². The molecule has 0 atom stereocenters. The molecule has 0 aliphatic carbocycles. The number of nitrogens with two attached hydrogens (primary N) is 1. The Hall–Kier alpha value is -1.64. The number of hydrogen-bond acceptors (Lipinski definition) is 3. The molecule has 0 unspecified atom stereocenters. The molecule has 0 amide bonds. The van der Waals surface area contributed by atoms with Crippen LogP contribution in [0.15, 0.2) is 24.4 Å². The predicted molar refractivity (Wildman–Crippen MR) is 48.7 cm³/mol. The normalized spacial score (nSPS) is 10.4. The summed E-state index contributed by atoms with van der Waals surface area (Å²) >= 11 is 0. The third-order valence-corrected chi connectivity index (χ3v) is 1.74. The second-order valence-electron chi connectivity index (χ2n) is 2.73. The fraction of sp³-hybridized carbons (Fsp3) is 0.111. The molecule has 2 aromatic heterocycles. The van der Waals surface area contributed by atoms with E-state index in [9.17, 15) is 0 Å². The van der Waals surface area contributed by atoms with Gasteiger partial charge in [0.1, 0.15) is 0 Å². The molecule has 0 saturated carbocycles. The van der Waals surface area contributed by atoms with E-state index in [-0.39, 0.29) is 0 Å². The van der Waals surface area contributed by atoms with Crippen molar-refractivity contribution < 1.29 is 0 Å². The average molecular weight is 159 g/mol. The van der Waals surface area contributed by atoms with E-state index in [1.165, 1.54) is 0 Å². The number of nitrogen functional groups attached to an aromatic ring is 1. The first-order valence-electron chi connectivity index (χ1n) is 3.75. The van der Waals surface area contributed by atoms with Crippen LogP contribution in [0.5, 0.6) is 0 Å². The van der Waals surface area contributed by atoms with Crippen LogP contribution in [0.3, 0.4) is 0 Å². The minimum atomic E-state index is 0.718. The molecule has 0 aromatic carbocycles. The van der Waals surface area contributed by atoms with Crippen molar-refractivity contribution >= 4 is 16.7 Å². The lowest BCUT2D eigenvalue weighted by molar-refractivity contribution is 1.20. The first kappa shape index (κ1) is 7.03. The van der Waals surface area contributed by atoms with Gasteiger partial charge in [0, 0.05) is 23.0 Å². The van der Waals surface area contributed by atoms with E-state index in [1.807, 2.05) is 25.1 Å². The molecule has 0 saturated heterocycles. The van der Waals surface area contributed by atoms with E-state index in [0.717, 1.165) is 22.4 Å². The summed E-state index contributed by atoms with van der Waals surface area (Å²) in [5.74, 6) is 0. The van der Waals surface area contributed by atoms with Crippen LogP contribution in [0, 0.1) is 6.92 Å². The van der Waals surface area contributed by atoms with Crippen molar-refractivity contribution in [3.8, 4) is 0 Å². The lowest BCUT2D eigenvalue weighted by Crippen LogP contribution is -1.92. The molecule has 0 aliphatic heterocycles. The Morgan fingerprint density at radius 3 is 3.08 bits per heavy atom. The van der Waals surface area contributed by atoms with Crippen molar-refractivity contribution in [1.82, 2.24) is 9.97 Å². The monoisotopic (exact) mass is 159 g/mol. The van der Waals surface area contributed by atoms with Gasteiger partial charge in [-0.2, -0.15) is 0 Å². The summed E-state index contributed by atoms with van der Waals surface area (Å²) in [7, 11) is 0. The molecular formula is C9H9N3. The van der Waals surface area contributed by atoms with Gasteiger partial charge in [-0.05, 0) is 25.1 Å². The molecule has 0 fully saturated rings. The van der Waals surface area contributed by atoms with Gasteiger partial charge >= 0.3 is 0 Å². The third-order valence-electron chi connectivity index (χ3n) is 1.74. The quantitative estimate of drug-likeness (QED) is 0.634. The first-order chi connectivity index (χ1) is 5.77. The Balaban J connectivity index is 2.89. The van der Waals surface area contributed by atoms with Gasteiger partial charge in [0.15, 0.2) is 5.65 Å². The highest BCUT2D eigenvalue weighted by molar-refractivity contribution is 5.87. The molecule has 0 spiro atoms. The highest BCUT2D eigenvalue weighted by atomic mass is 14.8. The molecule has 0 bridgehead atoms. The van der Waals surface area contributed by atoms with Gasteiger partial charge in [-0.1, -0.05) is 0 Å². The fourth-order valence-corrected chi connectivity index (χ4v) is 1.21. The lowest BCUT2D eigenvalue weighted by atomic mass is 10.2. The number of nitrogens with zero attached hydrogens (tertiary/aromatic N) is 2. The Kier molecular flexibility index (Phi) is 1.43. The maximum atomic E-state index is 5.78. The molecule has 60 valence electrons. The summed E-state index contributed by atoms with van der Waals surface area (Å²) < 4.78 is 0. The molecule has 2 N–H and O–H groups in total. The van der Waals surface area contributed by atoms with Gasteiger partial charge in [-0.15, -0.1) is 0 Å². The zero-order chi connectivity index (χ0) is 8.55. The van der Waals surface area contributed by atoms with E-state index >= 15 is 0 Å². The van der Waals surface area contributed by atoms with Crippen molar-refractivity contribution in [1.29, 1.82) is 0 Å². The van der Waals surface area contributed by atoms with Gasteiger partial charge in [-0.25, -0.2) is 9.97 Å². The standard InChI is InChI=1S/C9H9N3/c1-6-5-8(10)7-3-2-4-11-9(7)12-6/h2-5H,1H3,(H2,10,11,12). The molecule has 2 heterocycles. The van der Waals surface area contributed by atoms with Crippen molar-refractivity contribution in [3.63, 3.8) is 0 Å². The third kappa shape index (κ3) is 0.993. The Labute approximate surface area is 70.3 Å². The zero-order valence-corrected chi connectivity index (χ0v) is 6.78. The molecule has 2 rings (SSSR count). The van der Waals surface area contributed by atoms with Crippen molar-refractivity contribution in [3.05, 3.63) is 30.1 Å². The number of hydrogen-bond donors (Lipinski definition) is 1. The molecule has 3 nitrogen and oxygen atoms in total. The van der Waals surface area contributed by atoms with E-state index < -0.39 is 0 Å². The van der Waals surface area contributed by atoms with Gasteiger partial charge in [0.05, 0.1) is 0 Å². The van der Waals surface area contributed by atoms with Crippen molar-refractivity contribution in [2.45, 2.75) is 6.92 Å². The van der Waals surface area contributed by atoms with E-state index in [2.05, 4.69) is 9.97 Å². The van der Waals surface area contributed by atoms with Crippen LogP contribution in [-0.2, 0) is 0 Å². The minimum Gasteiger partial charge on any atom is -0.398 e. The number of rotatable bonds is 0. The Bertz CT molecular complexity index is 423. The molecule has 0 radical (unpaired) electrons. The molecule has 0 aliphatic rings. The number of anilines is 1. The first-order valence-corrected chi connectivity index (χ1v) is 3.75. The zero-order valence-electron chi connectivity index (χ0n) is 6.78. The Morgan fingerprint density at radius 1 is 1.42 bits per heavy atom. The maximum absolute atomic E-state index is 5.78. The van der Waals surface area contributed by atoms with Crippen molar-refractivity contribution in [2.24, 2.45) is 0 Å². The predicted octanol–water partition coefficient (Wildman–Crippen LogP) is 1.52. The summed E-state index contributed by atoms with van der Waals surface area (Å²) in [6.45, 7) is 1.91. The van der Waals surface area contributed by atoms with Crippen LogP contribution in [-0.4, -0.2) is 9.97 Å². The smallest absolute Gasteiger partial charge is 0.161 e. The van der Waals surface area contributed by atoms with E-state index in [1.54, 1.807) is 6.20 Å². The van der Waals surface area contributed by atoms with Crippen LogP contribution in [0.4, 0.5) is 5.69 Å². The van der Waals surface area contributed by atoms with Crippen LogP contribution in [0.1, 0.15) is 5.69 Å². The van der Waals surface area contributed by atoms with Crippen LogP contribution >= 0.6 is 0 Å². The van der Waals surface area contributed by atoms with E-state index in [0.29, 0.717) is 0 Å².